The number of aliphatic hydroxyl groups is 3. The number of phosphoric acid groups is 1. The number of phosphoric ester groups is 1. The lowest BCUT2D eigenvalue weighted by molar-refractivity contribution is -0.126. The molecule has 0 fully saturated rings. The lowest BCUT2D eigenvalue weighted by Gasteiger charge is -2.21. The molecule has 0 heterocycles. The van der Waals surface area contributed by atoms with E-state index in [0.29, 0.717) is 0 Å². The molecule has 0 unspecified atom stereocenters. The summed E-state index contributed by atoms with van der Waals surface area (Å²) in [6.45, 7) is -0.865. The van der Waals surface area contributed by atoms with Crippen LogP contribution in [0.2, 0.25) is 0 Å². The van der Waals surface area contributed by atoms with Crippen molar-refractivity contribution in [2.75, 3.05) is 6.61 Å². The molecule has 0 saturated carbocycles. The molecular weight excluding hydrogens is 219 g/mol. The van der Waals surface area contributed by atoms with Gasteiger partial charge in [-0.2, -0.15) is 0 Å². The van der Waals surface area contributed by atoms with Gasteiger partial charge in [0.1, 0.15) is 12.2 Å². The Morgan fingerprint density at radius 1 is 1.36 bits per heavy atom. The molecule has 0 bridgehead atoms. The van der Waals surface area contributed by atoms with Crippen LogP contribution in [0, 0.1) is 0 Å². The highest BCUT2D eigenvalue weighted by atomic mass is 31.2. The lowest BCUT2D eigenvalue weighted by Crippen LogP contribution is -2.41. The largest absolute Gasteiger partial charge is 0.470 e. The lowest BCUT2D eigenvalue weighted by atomic mass is 10.1. The fourth-order valence-corrected chi connectivity index (χ4v) is 1.14. The molecule has 84 valence electrons. The van der Waals surface area contributed by atoms with Gasteiger partial charge in [-0.25, -0.2) is 4.57 Å². The van der Waals surface area contributed by atoms with E-state index in [0.717, 1.165) is 0 Å². The summed E-state index contributed by atoms with van der Waals surface area (Å²) in [4.78, 5) is 26.8. The molecule has 0 aliphatic heterocycles. The number of aldehydes is 1. The first-order chi connectivity index (χ1) is 6.31. The van der Waals surface area contributed by atoms with Crippen LogP contribution in [0.1, 0.15) is 0 Å². The van der Waals surface area contributed by atoms with Crippen molar-refractivity contribution in [1.82, 2.24) is 0 Å². The van der Waals surface area contributed by atoms with Crippen LogP contribution in [-0.2, 0) is 13.9 Å². The highest BCUT2D eigenvalue weighted by Crippen LogP contribution is 2.37. The van der Waals surface area contributed by atoms with E-state index in [4.69, 9.17) is 25.1 Å². The zero-order valence-electron chi connectivity index (χ0n) is 6.92. The quantitative estimate of drug-likeness (QED) is 0.246. The Hall–Kier alpha value is -0.340. The topological polar surface area (TPSA) is 145 Å². The van der Waals surface area contributed by atoms with Crippen molar-refractivity contribution < 1.29 is 39.0 Å². The zero-order valence-corrected chi connectivity index (χ0v) is 7.82. The molecule has 0 spiro atoms. The summed E-state index contributed by atoms with van der Waals surface area (Å²) in [5.74, 6) is 0. The first-order valence-electron chi connectivity index (χ1n) is 3.48. The third-order valence-corrected chi connectivity index (χ3v) is 1.83. The maximum atomic E-state index is 10.3. The fraction of sp³-hybridized carbons (Fsp3) is 0.800. The summed E-state index contributed by atoms with van der Waals surface area (Å²) in [5, 5.41) is 26.2. The summed E-state index contributed by atoms with van der Waals surface area (Å²) in [5.41, 5.74) is 0. The van der Waals surface area contributed by atoms with Crippen molar-refractivity contribution in [3.05, 3.63) is 0 Å². The van der Waals surface area contributed by atoms with Gasteiger partial charge >= 0.3 is 7.82 Å². The Labute approximate surface area is 79.0 Å². The second-order valence-corrected chi connectivity index (χ2v) is 3.63. The molecule has 0 saturated heterocycles. The Kier molecular flexibility index (Phi) is 5.38. The summed E-state index contributed by atoms with van der Waals surface area (Å²) >= 11 is 0. The van der Waals surface area contributed by atoms with Crippen molar-refractivity contribution in [2.24, 2.45) is 0 Å². The summed E-state index contributed by atoms with van der Waals surface area (Å²) < 4.78 is 14.1. The molecule has 0 amide bonds. The molecular formula is C5H11O8P. The van der Waals surface area contributed by atoms with Gasteiger partial charge in [-0.3, -0.25) is 4.52 Å². The molecule has 0 aliphatic carbocycles. The second kappa shape index (κ2) is 5.52. The molecule has 9 heteroatoms. The molecule has 0 aromatic heterocycles. The number of aliphatic hydroxyl groups excluding tert-OH is 3. The van der Waals surface area contributed by atoms with Crippen LogP contribution in [0.5, 0.6) is 0 Å². The van der Waals surface area contributed by atoms with Gasteiger partial charge in [0.05, 0.1) is 6.61 Å². The van der Waals surface area contributed by atoms with Crippen LogP contribution in [0.15, 0.2) is 0 Å². The Balaban J connectivity index is 4.41. The molecule has 0 aromatic carbocycles. The zero-order chi connectivity index (χ0) is 11.4. The summed E-state index contributed by atoms with van der Waals surface area (Å²) in [6.07, 6.45) is -5.58. The molecule has 0 radical (unpaired) electrons. The van der Waals surface area contributed by atoms with Crippen molar-refractivity contribution in [3.63, 3.8) is 0 Å². The van der Waals surface area contributed by atoms with Crippen LogP contribution in [0.3, 0.4) is 0 Å². The average molecular weight is 230 g/mol. The van der Waals surface area contributed by atoms with Gasteiger partial charge in [-0.1, -0.05) is 0 Å². The number of hydrogen-bond donors (Lipinski definition) is 5. The third kappa shape index (κ3) is 4.77. The summed E-state index contributed by atoms with van der Waals surface area (Å²) in [6, 6.07) is 0. The minimum Gasteiger partial charge on any atom is -0.394 e. The average Bonchev–Trinajstić information content (AvgIpc) is 2.10. The Bertz CT molecular complexity index is 224. The van der Waals surface area contributed by atoms with Gasteiger partial charge in [0, 0.05) is 0 Å². The SMILES string of the molecule is O=C[C@@H](OP(=O)(O)O)[C@@H](O)[C@@H](O)CO. The number of carbonyl (C=O) groups is 1. The molecule has 8 nitrogen and oxygen atoms in total. The smallest absolute Gasteiger partial charge is 0.394 e. The van der Waals surface area contributed by atoms with E-state index >= 15 is 0 Å². The van der Waals surface area contributed by atoms with E-state index in [9.17, 15) is 9.36 Å². The number of carbonyl (C=O) groups excluding carboxylic acids is 1. The number of rotatable bonds is 6. The fourth-order valence-electron chi connectivity index (χ4n) is 0.653. The second-order valence-electron chi connectivity index (χ2n) is 2.44. The van der Waals surface area contributed by atoms with Crippen LogP contribution >= 0.6 is 7.82 Å². The molecule has 5 N–H and O–H groups in total. The van der Waals surface area contributed by atoms with Gasteiger partial charge in [0.2, 0.25) is 0 Å². The van der Waals surface area contributed by atoms with Crippen LogP contribution in [0.25, 0.3) is 0 Å². The minimum absolute atomic E-state index is 0.0807. The van der Waals surface area contributed by atoms with Gasteiger partial charge in [0.15, 0.2) is 12.4 Å². The first-order valence-corrected chi connectivity index (χ1v) is 5.01. The van der Waals surface area contributed by atoms with Gasteiger partial charge in [0.25, 0.3) is 0 Å². The van der Waals surface area contributed by atoms with Gasteiger partial charge in [-0.05, 0) is 0 Å². The molecule has 14 heavy (non-hydrogen) atoms. The normalized spacial score (nSPS) is 18.6. The minimum atomic E-state index is -4.93. The van der Waals surface area contributed by atoms with Gasteiger partial charge in [-0.15, -0.1) is 0 Å². The van der Waals surface area contributed by atoms with Crippen LogP contribution < -0.4 is 0 Å². The molecule has 0 aliphatic rings. The van der Waals surface area contributed by atoms with E-state index < -0.39 is 32.7 Å². The van der Waals surface area contributed by atoms with Crippen molar-refractivity contribution in [3.8, 4) is 0 Å². The summed E-state index contributed by atoms with van der Waals surface area (Å²) in [7, 11) is -4.93. The highest BCUT2D eigenvalue weighted by molar-refractivity contribution is 7.46. The molecule has 3 atom stereocenters. The molecule has 0 rings (SSSR count). The van der Waals surface area contributed by atoms with Crippen molar-refractivity contribution in [2.45, 2.75) is 18.3 Å². The van der Waals surface area contributed by atoms with Crippen molar-refractivity contribution in [1.29, 1.82) is 0 Å². The number of hydrogen-bond acceptors (Lipinski definition) is 6. The first kappa shape index (κ1) is 13.7. The molecule has 0 aromatic rings. The predicted octanol–water partition coefficient (Wildman–Crippen LogP) is -2.62. The van der Waals surface area contributed by atoms with Gasteiger partial charge < -0.3 is 29.9 Å². The van der Waals surface area contributed by atoms with E-state index in [-0.39, 0.29) is 6.29 Å². The Morgan fingerprint density at radius 3 is 2.14 bits per heavy atom. The Morgan fingerprint density at radius 2 is 1.86 bits per heavy atom. The standard InChI is InChI=1S/C5H11O8P/c6-1-3(8)5(9)4(2-7)13-14(10,11)12/h2-6,8-9H,1H2,(H2,10,11,12)/t3-,4+,5-/m0/s1. The maximum absolute atomic E-state index is 10.3. The van der Waals surface area contributed by atoms with Crippen LogP contribution in [-0.4, -0.2) is 56.3 Å². The third-order valence-electron chi connectivity index (χ3n) is 1.31. The monoisotopic (exact) mass is 230 g/mol. The van der Waals surface area contributed by atoms with E-state index in [1.807, 2.05) is 0 Å². The highest BCUT2D eigenvalue weighted by Gasteiger charge is 2.32. The predicted molar refractivity (Wildman–Crippen MR) is 42.1 cm³/mol. The van der Waals surface area contributed by atoms with Crippen LogP contribution in [0.4, 0.5) is 0 Å². The van der Waals surface area contributed by atoms with E-state index in [1.165, 1.54) is 0 Å². The van der Waals surface area contributed by atoms with Crippen molar-refractivity contribution >= 4 is 14.1 Å². The van der Waals surface area contributed by atoms with E-state index in [2.05, 4.69) is 4.52 Å². The van der Waals surface area contributed by atoms with E-state index in [1.54, 1.807) is 0 Å². The maximum Gasteiger partial charge on any atom is 0.470 e.